The zero-order valence-corrected chi connectivity index (χ0v) is 13.6. The predicted molar refractivity (Wildman–Crippen MR) is 83.7 cm³/mol. The molecule has 0 bridgehead atoms. The predicted octanol–water partition coefficient (Wildman–Crippen LogP) is 3.58. The SMILES string of the molecule is CCC(CC)N(CCOC)c1ccc(Br)cc1CO. The first-order chi connectivity index (χ1) is 9.17. The molecule has 0 aliphatic carbocycles. The molecular weight excluding hydrogens is 306 g/mol. The zero-order chi connectivity index (χ0) is 14.3. The molecule has 0 atom stereocenters. The van der Waals surface area contributed by atoms with Gasteiger partial charge < -0.3 is 14.7 Å². The number of hydrogen-bond donors (Lipinski definition) is 1. The highest BCUT2D eigenvalue weighted by atomic mass is 79.9. The Morgan fingerprint density at radius 2 is 2.00 bits per heavy atom. The van der Waals surface area contributed by atoms with E-state index in [1.165, 1.54) is 0 Å². The van der Waals surface area contributed by atoms with E-state index in [0.29, 0.717) is 12.6 Å². The third kappa shape index (κ3) is 4.48. The Kier molecular flexibility index (Phi) is 7.42. The standard InChI is InChI=1S/C15H24BrNO2/c1-4-14(5-2)17(8-9-19-3)15-7-6-13(16)10-12(15)11-18/h6-7,10,14,18H,4-5,8-9,11H2,1-3H3. The first kappa shape index (κ1) is 16.5. The van der Waals surface area contributed by atoms with Gasteiger partial charge in [-0.25, -0.2) is 0 Å². The van der Waals surface area contributed by atoms with Gasteiger partial charge in [0.25, 0.3) is 0 Å². The second-order valence-corrected chi connectivity index (χ2v) is 5.50. The van der Waals surface area contributed by atoms with Gasteiger partial charge in [0.05, 0.1) is 13.2 Å². The molecule has 1 aromatic rings. The van der Waals surface area contributed by atoms with Gasteiger partial charge >= 0.3 is 0 Å². The Morgan fingerprint density at radius 1 is 1.32 bits per heavy atom. The molecule has 108 valence electrons. The Balaban J connectivity index is 3.08. The number of hydrogen-bond acceptors (Lipinski definition) is 3. The van der Waals surface area contributed by atoms with Crippen LogP contribution in [0.3, 0.4) is 0 Å². The van der Waals surface area contributed by atoms with Crippen LogP contribution in [0.25, 0.3) is 0 Å². The van der Waals surface area contributed by atoms with Gasteiger partial charge in [-0.2, -0.15) is 0 Å². The van der Waals surface area contributed by atoms with Crippen molar-refractivity contribution in [1.29, 1.82) is 0 Å². The number of nitrogens with zero attached hydrogens (tertiary/aromatic N) is 1. The van der Waals surface area contributed by atoms with Gasteiger partial charge in [0, 0.05) is 35.4 Å². The summed E-state index contributed by atoms with van der Waals surface area (Å²) in [5, 5.41) is 9.57. The molecule has 0 heterocycles. The maximum atomic E-state index is 9.57. The molecule has 0 saturated carbocycles. The fourth-order valence-corrected chi connectivity index (χ4v) is 2.79. The summed E-state index contributed by atoms with van der Waals surface area (Å²) >= 11 is 3.46. The van der Waals surface area contributed by atoms with Gasteiger partial charge in [-0.3, -0.25) is 0 Å². The maximum absolute atomic E-state index is 9.57. The van der Waals surface area contributed by atoms with Crippen LogP contribution in [0.2, 0.25) is 0 Å². The Bertz CT molecular complexity index is 380. The lowest BCUT2D eigenvalue weighted by Crippen LogP contribution is -2.37. The molecule has 0 saturated heterocycles. The molecule has 0 fully saturated rings. The third-order valence-corrected chi connectivity index (χ3v) is 3.93. The van der Waals surface area contributed by atoms with Crippen molar-refractivity contribution in [2.45, 2.75) is 39.3 Å². The van der Waals surface area contributed by atoms with Crippen molar-refractivity contribution in [3.8, 4) is 0 Å². The molecule has 3 nitrogen and oxygen atoms in total. The van der Waals surface area contributed by atoms with E-state index in [-0.39, 0.29) is 6.61 Å². The number of aliphatic hydroxyl groups excluding tert-OH is 1. The minimum Gasteiger partial charge on any atom is -0.392 e. The number of rotatable bonds is 8. The largest absolute Gasteiger partial charge is 0.392 e. The number of methoxy groups -OCH3 is 1. The van der Waals surface area contributed by atoms with Crippen molar-refractivity contribution >= 4 is 21.6 Å². The summed E-state index contributed by atoms with van der Waals surface area (Å²) in [6, 6.07) is 6.55. The van der Waals surface area contributed by atoms with Crippen LogP contribution in [0, 0.1) is 0 Å². The molecule has 1 aromatic carbocycles. The van der Waals surface area contributed by atoms with E-state index in [9.17, 15) is 5.11 Å². The van der Waals surface area contributed by atoms with E-state index in [1.54, 1.807) is 7.11 Å². The number of anilines is 1. The monoisotopic (exact) mass is 329 g/mol. The van der Waals surface area contributed by atoms with Gasteiger partial charge in [-0.05, 0) is 31.0 Å². The minimum absolute atomic E-state index is 0.0540. The molecular formula is C15H24BrNO2. The molecule has 0 radical (unpaired) electrons. The normalized spacial score (nSPS) is 11.1. The molecule has 0 amide bonds. The molecule has 0 spiro atoms. The molecule has 19 heavy (non-hydrogen) atoms. The van der Waals surface area contributed by atoms with Crippen LogP contribution in [-0.2, 0) is 11.3 Å². The van der Waals surface area contributed by atoms with E-state index >= 15 is 0 Å². The number of halogens is 1. The Labute approximate surface area is 124 Å². The van der Waals surface area contributed by atoms with Crippen molar-refractivity contribution in [2.24, 2.45) is 0 Å². The van der Waals surface area contributed by atoms with Crippen molar-refractivity contribution in [3.05, 3.63) is 28.2 Å². The third-order valence-electron chi connectivity index (χ3n) is 3.44. The van der Waals surface area contributed by atoms with Crippen LogP contribution in [0.15, 0.2) is 22.7 Å². The summed E-state index contributed by atoms with van der Waals surface area (Å²) in [4.78, 5) is 2.35. The summed E-state index contributed by atoms with van der Waals surface area (Å²) in [5.41, 5.74) is 2.06. The summed E-state index contributed by atoms with van der Waals surface area (Å²) in [6.07, 6.45) is 2.17. The van der Waals surface area contributed by atoms with Crippen LogP contribution in [0.4, 0.5) is 5.69 Å². The number of aliphatic hydroxyl groups is 1. The molecule has 0 unspecified atom stereocenters. The quantitative estimate of drug-likeness (QED) is 0.791. The minimum atomic E-state index is 0.0540. The second-order valence-electron chi connectivity index (χ2n) is 4.59. The van der Waals surface area contributed by atoms with Crippen molar-refractivity contribution in [2.75, 3.05) is 25.2 Å². The number of benzene rings is 1. The van der Waals surface area contributed by atoms with Crippen LogP contribution in [-0.4, -0.2) is 31.4 Å². The second kappa shape index (κ2) is 8.56. The van der Waals surface area contributed by atoms with Crippen LogP contribution >= 0.6 is 15.9 Å². The summed E-state index contributed by atoms with van der Waals surface area (Å²) in [6.45, 7) is 5.99. The van der Waals surface area contributed by atoms with Gasteiger partial charge in [0.2, 0.25) is 0 Å². The lowest BCUT2D eigenvalue weighted by atomic mass is 10.1. The smallest absolute Gasteiger partial charge is 0.0702 e. The fraction of sp³-hybridized carbons (Fsp3) is 0.600. The molecule has 1 rings (SSSR count). The molecule has 1 N–H and O–H groups in total. The lowest BCUT2D eigenvalue weighted by Gasteiger charge is -2.34. The maximum Gasteiger partial charge on any atom is 0.0702 e. The zero-order valence-electron chi connectivity index (χ0n) is 12.0. The van der Waals surface area contributed by atoms with E-state index < -0.39 is 0 Å². The molecule has 0 aliphatic rings. The van der Waals surface area contributed by atoms with Crippen molar-refractivity contribution < 1.29 is 9.84 Å². The highest BCUT2D eigenvalue weighted by molar-refractivity contribution is 9.10. The van der Waals surface area contributed by atoms with E-state index in [1.807, 2.05) is 12.1 Å². The highest BCUT2D eigenvalue weighted by Crippen LogP contribution is 2.27. The van der Waals surface area contributed by atoms with Gasteiger partial charge in [0.15, 0.2) is 0 Å². The first-order valence-electron chi connectivity index (χ1n) is 6.82. The van der Waals surface area contributed by atoms with E-state index in [2.05, 4.69) is 40.7 Å². The first-order valence-corrected chi connectivity index (χ1v) is 7.62. The topological polar surface area (TPSA) is 32.7 Å². The Morgan fingerprint density at radius 3 is 2.53 bits per heavy atom. The van der Waals surface area contributed by atoms with E-state index in [4.69, 9.17) is 4.74 Å². The van der Waals surface area contributed by atoms with Crippen molar-refractivity contribution in [3.63, 3.8) is 0 Å². The lowest BCUT2D eigenvalue weighted by molar-refractivity contribution is 0.202. The van der Waals surface area contributed by atoms with Crippen LogP contribution in [0.5, 0.6) is 0 Å². The fourth-order valence-electron chi connectivity index (χ4n) is 2.38. The van der Waals surface area contributed by atoms with Gasteiger partial charge in [-0.1, -0.05) is 29.8 Å². The highest BCUT2D eigenvalue weighted by Gasteiger charge is 2.18. The summed E-state index contributed by atoms with van der Waals surface area (Å²) in [7, 11) is 1.72. The summed E-state index contributed by atoms with van der Waals surface area (Å²) in [5.74, 6) is 0. The van der Waals surface area contributed by atoms with Crippen molar-refractivity contribution in [1.82, 2.24) is 0 Å². The Hall–Kier alpha value is -0.580. The summed E-state index contributed by atoms with van der Waals surface area (Å²) < 4.78 is 6.21. The molecule has 0 aliphatic heterocycles. The average Bonchev–Trinajstić information content (AvgIpc) is 2.43. The van der Waals surface area contributed by atoms with Gasteiger partial charge in [0.1, 0.15) is 0 Å². The average molecular weight is 330 g/mol. The molecule has 4 heteroatoms. The van der Waals surface area contributed by atoms with Crippen LogP contribution < -0.4 is 4.90 Å². The van der Waals surface area contributed by atoms with Gasteiger partial charge in [-0.15, -0.1) is 0 Å². The van der Waals surface area contributed by atoms with Crippen LogP contribution in [0.1, 0.15) is 32.3 Å². The molecule has 0 aromatic heterocycles. The number of ether oxygens (including phenoxy) is 1. The van der Waals surface area contributed by atoms with E-state index in [0.717, 1.165) is 35.1 Å².